The van der Waals surface area contributed by atoms with Gasteiger partial charge in [-0.1, -0.05) is 42.5 Å². The molecule has 3 N–H and O–H groups in total. The minimum absolute atomic E-state index is 0.119. The number of H-pyrrole nitrogens is 2. The van der Waals surface area contributed by atoms with E-state index in [0.717, 1.165) is 23.5 Å². The highest BCUT2D eigenvalue weighted by Gasteiger charge is 2.00. The highest BCUT2D eigenvalue weighted by Crippen LogP contribution is 2.18. The number of hydrogen-bond acceptors (Lipinski definition) is 2. The van der Waals surface area contributed by atoms with Crippen molar-refractivity contribution in [2.75, 3.05) is 5.32 Å². The number of rotatable bonds is 4. The first kappa shape index (κ1) is 12.3. The van der Waals surface area contributed by atoms with E-state index in [1.165, 1.54) is 5.56 Å². The molecule has 2 aromatic carbocycles. The predicted molar refractivity (Wildman–Crippen MR) is 80.6 cm³/mol. The molecule has 1 aromatic heterocycles. The van der Waals surface area contributed by atoms with E-state index in [4.69, 9.17) is 0 Å². The fourth-order valence-electron chi connectivity index (χ4n) is 2.06. The van der Waals surface area contributed by atoms with Gasteiger partial charge in [0.2, 0.25) is 0 Å². The highest BCUT2D eigenvalue weighted by molar-refractivity contribution is 5.62. The standard InChI is InChI=1S/C16H15N3O/c20-16-10-15(18-19-16)13-6-8-14(9-7-13)17-11-12-4-2-1-3-5-12/h1-10,17H,11H2,(H2,18,19,20). The van der Waals surface area contributed by atoms with E-state index in [-0.39, 0.29) is 5.56 Å². The summed E-state index contributed by atoms with van der Waals surface area (Å²) in [5, 5.41) is 8.74. The van der Waals surface area contributed by atoms with Crippen molar-refractivity contribution in [2.45, 2.75) is 6.54 Å². The van der Waals surface area contributed by atoms with Crippen LogP contribution < -0.4 is 10.9 Å². The molecule has 0 amide bonds. The molecule has 0 saturated carbocycles. The van der Waals surface area contributed by atoms with Gasteiger partial charge in [0.15, 0.2) is 0 Å². The van der Waals surface area contributed by atoms with Crippen LogP contribution in [0.2, 0.25) is 0 Å². The lowest BCUT2D eigenvalue weighted by Crippen LogP contribution is -1.98. The van der Waals surface area contributed by atoms with Crippen LogP contribution in [0.5, 0.6) is 0 Å². The molecule has 4 nitrogen and oxygen atoms in total. The summed E-state index contributed by atoms with van der Waals surface area (Å²) in [6.07, 6.45) is 0. The minimum Gasteiger partial charge on any atom is -0.381 e. The van der Waals surface area contributed by atoms with E-state index in [2.05, 4.69) is 27.6 Å². The molecular weight excluding hydrogens is 250 g/mol. The van der Waals surface area contributed by atoms with Gasteiger partial charge >= 0.3 is 0 Å². The first-order valence-electron chi connectivity index (χ1n) is 6.47. The van der Waals surface area contributed by atoms with Crippen molar-refractivity contribution < 1.29 is 0 Å². The van der Waals surface area contributed by atoms with E-state index >= 15 is 0 Å². The van der Waals surface area contributed by atoms with Gasteiger partial charge in [0.25, 0.3) is 5.56 Å². The summed E-state index contributed by atoms with van der Waals surface area (Å²) in [5.74, 6) is 0. The van der Waals surface area contributed by atoms with Gasteiger partial charge in [-0.05, 0) is 23.3 Å². The second kappa shape index (κ2) is 5.48. The largest absolute Gasteiger partial charge is 0.381 e. The van der Waals surface area contributed by atoms with E-state index < -0.39 is 0 Å². The number of nitrogens with one attached hydrogen (secondary N) is 3. The van der Waals surface area contributed by atoms with Crippen molar-refractivity contribution in [1.29, 1.82) is 0 Å². The quantitative estimate of drug-likeness (QED) is 0.679. The lowest BCUT2D eigenvalue weighted by atomic mass is 10.1. The molecule has 0 radical (unpaired) electrons. The molecule has 0 spiro atoms. The number of aromatic amines is 2. The van der Waals surface area contributed by atoms with Gasteiger partial charge in [-0.25, -0.2) is 0 Å². The van der Waals surface area contributed by atoms with Crippen LogP contribution in [-0.4, -0.2) is 10.2 Å². The van der Waals surface area contributed by atoms with Crippen molar-refractivity contribution in [3.63, 3.8) is 0 Å². The Balaban J connectivity index is 1.69. The average Bonchev–Trinajstić information content (AvgIpc) is 2.93. The maximum absolute atomic E-state index is 11.1. The van der Waals surface area contributed by atoms with Crippen LogP contribution in [-0.2, 0) is 6.54 Å². The summed E-state index contributed by atoms with van der Waals surface area (Å²) in [4.78, 5) is 11.1. The van der Waals surface area contributed by atoms with Gasteiger partial charge in [-0.3, -0.25) is 15.0 Å². The van der Waals surface area contributed by atoms with Crippen LogP contribution in [0.3, 0.4) is 0 Å². The normalized spacial score (nSPS) is 10.4. The Kier molecular flexibility index (Phi) is 3.37. The maximum Gasteiger partial charge on any atom is 0.264 e. The van der Waals surface area contributed by atoms with Gasteiger partial charge in [0.1, 0.15) is 0 Å². The van der Waals surface area contributed by atoms with Gasteiger partial charge < -0.3 is 5.32 Å². The van der Waals surface area contributed by atoms with Crippen LogP contribution in [0.1, 0.15) is 5.56 Å². The molecule has 0 atom stereocenters. The third-order valence-corrected chi connectivity index (χ3v) is 3.13. The first-order valence-corrected chi connectivity index (χ1v) is 6.47. The second-order valence-electron chi connectivity index (χ2n) is 4.59. The fraction of sp³-hybridized carbons (Fsp3) is 0.0625. The van der Waals surface area contributed by atoms with Gasteiger partial charge in [0, 0.05) is 18.3 Å². The molecule has 0 aliphatic rings. The molecule has 20 heavy (non-hydrogen) atoms. The van der Waals surface area contributed by atoms with Gasteiger partial charge in [-0.2, -0.15) is 0 Å². The Morgan fingerprint density at radius 1 is 0.900 bits per heavy atom. The molecule has 3 rings (SSSR count). The van der Waals surface area contributed by atoms with Gasteiger partial charge in [0.05, 0.1) is 5.69 Å². The van der Waals surface area contributed by atoms with Crippen LogP contribution in [0, 0.1) is 0 Å². The van der Waals surface area contributed by atoms with E-state index in [1.54, 1.807) is 6.07 Å². The number of hydrogen-bond donors (Lipinski definition) is 3. The SMILES string of the molecule is O=c1cc(-c2ccc(NCc3ccccc3)cc2)[nH][nH]1. The number of benzene rings is 2. The smallest absolute Gasteiger partial charge is 0.264 e. The third-order valence-electron chi connectivity index (χ3n) is 3.13. The Labute approximate surface area is 116 Å². The Morgan fingerprint density at radius 3 is 2.30 bits per heavy atom. The second-order valence-corrected chi connectivity index (χ2v) is 4.59. The number of aromatic nitrogens is 2. The minimum atomic E-state index is -0.119. The topological polar surface area (TPSA) is 60.7 Å². The van der Waals surface area contributed by atoms with Crippen molar-refractivity contribution in [1.82, 2.24) is 10.2 Å². The summed E-state index contributed by atoms with van der Waals surface area (Å²) in [6.45, 7) is 0.793. The third kappa shape index (κ3) is 2.80. The molecule has 0 unspecified atom stereocenters. The molecular formula is C16H15N3O. The highest BCUT2D eigenvalue weighted by atomic mass is 16.1. The molecule has 0 fully saturated rings. The molecule has 3 aromatic rings. The lowest BCUT2D eigenvalue weighted by Gasteiger charge is -2.07. The van der Waals surface area contributed by atoms with E-state index in [9.17, 15) is 4.79 Å². The number of anilines is 1. The summed E-state index contributed by atoms with van der Waals surface area (Å²) >= 11 is 0. The zero-order chi connectivity index (χ0) is 13.8. The Bertz CT molecular complexity index is 726. The van der Waals surface area contributed by atoms with E-state index in [1.807, 2.05) is 42.5 Å². The summed E-state index contributed by atoms with van der Waals surface area (Å²) in [5.41, 5.74) is 3.95. The van der Waals surface area contributed by atoms with Gasteiger partial charge in [-0.15, -0.1) is 0 Å². The van der Waals surface area contributed by atoms with Crippen molar-refractivity contribution in [2.24, 2.45) is 0 Å². The Hall–Kier alpha value is -2.75. The molecule has 0 saturated heterocycles. The molecule has 0 bridgehead atoms. The predicted octanol–water partition coefficient (Wildman–Crippen LogP) is 2.98. The van der Waals surface area contributed by atoms with Crippen molar-refractivity contribution >= 4 is 5.69 Å². The summed E-state index contributed by atoms with van der Waals surface area (Å²) in [7, 11) is 0. The fourth-order valence-corrected chi connectivity index (χ4v) is 2.06. The zero-order valence-electron chi connectivity index (χ0n) is 10.9. The van der Waals surface area contributed by atoms with Crippen molar-refractivity contribution in [3.05, 3.63) is 76.6 Å². The molecule has 4 heteroatoms. The Morgan fingerprint density at radius 2 is 1.65 bits per heavy atom. The summed E-state index contributed by atoms with van der Waals surface area (Å²) < 4.78 is 0. The van der Waals surface area contributed by atoms with Crippen molar-refractivity contribution in [3.8, 4) is 11.3 Å². The summed E-state index contributed by atoms with van der Waals surface area (Å²) in [6, 6.07) is 19.8. The molecule has 0 aliphatic carbocycles. The maximum atomic E-state index is 11.1. The molecule has 0 aliphatic heterocycles. The average molecular weight is 265 g/mol. The van der Waals surface area contributed by atoms with Crippen LogP contribution in [0.15, 0.2) is 65.5 Å². The van der Waals surface area contributed by atoms with E-state index in [0.29, 0.717) is 0 Å². The molecule has 100 valence electrons. The lowest BCUT2D eigenvalue weighted by molar-refractivity contribution is 1.06. The van der Waals surface area contributed by atoms with Crippen LogP contribution in [0.25, 0.3) is 11.3 Å². The zero-order valence-corrected chi connectivity index (χ0v) is 10.9. The first-order chi connectivity index (χ1) is 9.81. The molecule has 1 heterocycles. The van der Waals surface area contributed by atoms with Crippen LogP contribution >= 0.6 is 0 Å². The van der Waals surface area contributed by atoms with Crippen LogP contribution in [0.4, 0.5) is 5.69 Å². The monoisotopic (exact) mass is 265 g/mol.